The molecular weight excluding hydrogens is 216 g/mol. The van der Waals surface area contributed by atoms with Crippen LogP contribution < -0.4 is 4.74 Å². The van der Waals surface area contributed by atoms with Crippen molar-refractivity contribution >= 4 is 0 Å². The number of aromatic nitrogens is 2. The van der Waals surface area contributed by atoms with Crippen molar-refractivity contribution < 1.29 is 9.84 Å². The van der Waals surface area contributed by atoms with Gasteiger partial charge in [-0.3, -0.25) is 0 Å². The second kappa shape index (κ2) is 5.39. The van der Waals surface area contributed by atoms with Gasteiger partial charge < -0.3 is 14.4 Å². The summed E-state index contributed by atoms with van der Waals surface area (Å²) in [6.45, 7) is 0.625. The van der Waals surface area contributed by atoms with Crippen LogP contribution >= 0.6 is 0 Å². The molecule has 1 heterocycles. The highest BCUT2D eigenvalue weighted by Crippen LogP contribution is 2.17. The van der Waals surface area contributed by atoms with Gasteiger partial charge in [0.2, 0.25) is 0 Å². The lowest BCUT2D eigenvalue weighted by atomic mass is 10.2. The minimum Gasteiger partial charge on any atom is -0.508 e. The van der Waals surface area contributed by atoms with E-state index in [1.54, 1.807) is 24.5 Å². The monoisotopic (exact) mass is 232 g/mol. The molecule has 90 valence electrons. The van der Waals surface area contributed by atoms with Crippen LogP contribution in [0.25, 0.3) is 0 Å². The normalized spacial score (nSPS) is 10.4. The lowest BCUT2D eigenvalue weighted by Gasteiger charge is -2.05. The van der Waals surface area contributed by atoms with Crippen molar-refractivity contribution in [3.8, 4) is 11.5 Å². The second-order valence-electron chi connectivity index (χ2n) is 3.98. The maximum Gasteiger partial charge on any atom is 0.122 e. The van der Waals surface area contributed by atoms with Gasteiger partial charge in [-0.25, -0.2) is 4.98 Å². The Morgan fingerprint density at radius 3 is 3.00 bits per heavy atom. The smallest absolute Gasteiger partial charge is 0.122 e. The van der Waals surface area contributed by atoms with Crippen LogP contribution in [0.2, 0.25) is 0 Å². The molecular formula is C13H16N2O2. The van der Waals surface area contributed by atoms with Crippen LogP contribution in [0.5, 0.6) is 11.5 Å². The summed E-state index contributed by atoms with van der Waals surface area (Å²) in [6, 6.07) is 6.84. The summed E-state index contributed by atoms with van der Waals surface area (Å²) in [7, 11) is 1.96. The van der Waals surface area contributed by atoms with Gasteiger partial charge in [0.1, 0.15) is 11.5 Å². The predicted octanol–water partition coefficient (Wildman–Crippen LogP) is 2.14. The van der Waals surface area contributed by atoms with Crippen LogP contribution in [0.15, 0.2) is 36.8 Å². The zero-order valence-electron chi connectivity index (χ0n) is 9.84. The summed E-state index contributed by atoms with van der Waals surface area (Å²) in [5.74, 6) is 0.929. The number of hydrogen-bond acceptors (Lipinski definition) is 3. The van der Waals surface area contributed by atoms with Crippen LogP contribution in [0, 0.1) is 0 Å². The first-order valence-electron chi connectivity index (χ1n) is 5.63. The van der Waals surface area contributed by atoms with E-state index in [1.807, 2.05) is 23.9 Å². The summed E-state index contributed by atoms with van der Waals surface area (Å²) in [5.41, 5.74) is 1.08. The minimum absolute atomic E-state index is 0.229. The number of ether oxygens (including phenoxy) is 1. The third-order valence-electron chi connectivity index (χ3n) is 2.42. The molecule has 0 amide bonds. The van der Waals surface area contributed by atoms with Gasteiger partial charge in [-0.05, 0) is 25.0 Å². The Balaban J connectivity index is 1.73. The van der Waals surface area contributed by atoms with Crippen LogP contribution in [0.3, 0.4) is 0 Å². The van der Waals surface area contributed by atoms with E-state index in [9.17, 15) is 5.11 Å². The van der Waals surface area contributed by atoms with Gasteiger partial charge >= 0.3 is 0 Å². The molecule has 1 N–H and O–H groups in total. The topological polar surface area (TPSA) is 47.3 Å². The van der Waals surface area contributed by atoms with Crippen molar-refractivity contribution in [3.63, 3.8) is 0 Å². The average Bonchev–Trinajstić information content (AvgIpc) is 2.71. The van der Waals surface area contributed by atoms with Gasteiger partial charge in [0.05, 0.1) is 18.6 Å². The van der Waals surface area contributed by atoms with Gasteiger partial charge in [0.15, 0.2) is 0 Å². The van der Waals surface area contributed by atoms with E-state index in [1.165, 1.54) is 0 Å². The number of hydrogen-bond donors (Lipinski definition) is 1. The SMILES string of the molecule is Cn1cnc(CCCOc2cccc(O)c2)c1. The van der Waals surface area contributed by atoms with E-state index in [-0.39, 0.29) is 5.75 Å². The lowest BCUT2D eigenvalue weighted by molar-refractivity contribution is 0.309. The number of rotatable bonds is 5. The zero-order chi connectivity index (χ0) is 12.1. The molecule has 0 aliphatic rings. The first-order valence-corrected chi connectivity index (χ1v) is 5.63. The van der Waals surface area contributed by atoms with Gasteiger partial charge in [0.25, 0.3) is 0 Å². The molecule has 4 nitrogen and oxygen atoms in total. The number of nitrogens with zero attached hydrogens (tertiary/aromatic N) is 2. The Morgan fingerprint density at radius 2 is 2.29 bits per heavy atom. The average molecular weight is 232 g/mol. The molecule has 0 radical (unpaired) electrons. The highest BCUT2D eigenvalue weighted by atomic mass is 16.5. The molecule has 1 aromatic carbocycles. The Labute approximate surface area is 100 Å². The number of phenols is 1. The molecule has 0 aliphatic heterocycles. The molecule has 0 saturated heterocycles. The Hall–Kier alpha value is -1.97. The largest absolute Gasteiger partial charge is 0.508 e. The Morgan fingerprint density at radius 1 is 1.41 bits per heavy atom. The third kappa shape index (κ3) is 3.52. The van der Waals surface area contributed by atoms with E-state index >= 15 is 0 Å². The molecule has 0 atom stereocenters. The molecule has 0 unspecified atom stereocenters. The summed E-state index contributed by atoms with van der Waals surface area (Å²) in [6.07, 6.45) is 5.62. The number of imidazole rings is 1. The summed E-state index contributed by atoms with van der Waals surface area (Å²) >= 11 is 0. The maximum absolute atomic E-state index is 9.26. The Kier molecular flexibility index (Phi) is 3.65. The van der Waals surface area contributed by atoms with Crippen molar-refractivity contribution in [1.29, 1.82) is 0 Å². The molecule has 0 saturated carbocycles. The number of benzene rings is 1. The predicted molar refractivity (Wildman–Crippen MR) is 65.1 cm³/mol. The first-order chi connectivity index (χ1) is 8.24. The summed E-state index contributed by atoms with van der Waals surface area (Å²) in [5, 5.41) is 9.26. The third-order valence-corrected chi connectivity index (χ3v) is 2.42. The fourth-order valence-electron chi connectivity index (χ4n) is 1.61. The Bertz CT molecular complexity index is 480. The van der Waals surface area contributed by atoms with Crippen LogP contribution in [0.1, 0.15) is 12.1 Å². The molecule has 0 bridgehead atoms. The summed E-state index contributed by atoms with van der Waals surface area (Å²) < 4.78 is 7.46. The lowest BCUT2D eigenvalue weighted by Crippen LogP contribution is -1.99. The number of aryl methyl sites for hydroxylation is 2. The van der Waals surface area contributed by atoms with Crippen LogP contribution in [0.4, 0.5) is 0 Å². The van der Waals surface area contributed by atoms with Crippen LogP contribution in [-0.2, 0) is 13.5 Å². The van der Waals surface area contributed by atoms with Gasteiger partial charge in [-0.2, -0.15) is 0 Å². The van der Waals surface area contributed by atoms with Crippen molar-refractivity contribution in [2.24, 2.45) is 7.05 Å². The van der Waals surface area contributed by atoms with E-state index in [4.69, 9.17) is 4.74 Å². The van der Waals surface area contributed by atoms with Crippen LogP contribution in [-0.4, -0.2) is 21.3 Å². The van der Waals surface area contributed by atoms with Crippen molar-refractivity contribution in [3.05, 3.63) is 42.5 Å². The van der Waals surface area contributed by atoms with Gasteiger partial charge in [-0.1, -0.05) is 6.07 Å². The number of phenolic OH excluding ortho intramolecular Hbond substituents is 1. The standard InChI is InChI=1S/C13H16N2O2/c1-15-9-11(14-10-15)4-3-7-17-13-6-2-5-12(16)8-13/h2,5-6,8-10,16H,3-4,7H2,1H3. The van der Waals surface area contributed by atoms with E-state index in [2.05, 4.69) is 4.98 Å². The van der Waals surface area contributed by atoms with Crippen molar-refractivity contribution in [2.75, 3.05) is 6.61 Å². The molecule has 2 rings (SSSR count). The molecule has 17 heavy (non-hydrogen) atoms. The fourth-order valence-corrected chi connectivity index (χ4v) is 1.61. The first kappa shape index (κ1) is 11.5. The van der Waals surface area contributed by atoms with E-state index in [0.29, 0.717) is 12.4 Å². The molecule has 0 aliphatic carbocycles. The maximum atomic E-state index is 9.26. The van der Waals surface area contributed by atoms with E-state index in [0.717, 1.165) is 18.5 Å². The van der Waals surface area contributed by atoms with Crippen molar-refractivity contribution in [1.82, 2.24) is 9.55 Å². The second-order valence-corrected chi connectivity index (χ2v) is 3.98. The molecule has 1 aromatic heterocycles. The number of aromatic hydroxyl groups is 1. The molecule has 4 heteroatoms. The molecule has 0 fully saturated rings. The highest BCUT2D eigenvalue weighted by Gasteiger charge is 1.98. The van der Waals surface area contributed by atoms with Gasteiger partial charge in [-0.15, -0.1) is 0 Å². The van der Waals surface area contributed by atoms with Crippen molar-refractivity contribution in [2.45, 2.75) is 12.8 Å². The fraction of sp³-hybridized carbons (Fsp3) is 0.308. The van der Waals surface area contributed by atoms with E-state index < -0.39 is 0 Å². The minimum atomic E-state index is 0.229. The highest BCUT2D eigenvalue weighted by molar-refractivity contribution is 5.31. The van der Waals surface area contributed by atoms with Gasteiger partial charge in [0, 0.05) is 19.3 Å². The summed E-state index contributed by atoms with van der Waals surface area (Å²) in [4.78, 5) is 4.24. The molecule has 0 spiro atoms. The quantitative estimate of drug-likeness (QED) is 0.803. The molecule has 2 aromatic rings. The zero-order valence-corrected chi connectivity index (χ0v) is 9.84.